The lowest BCUT2D eigenvalue weighted by Crippen LogP contribution is -2.20. The van der Waals surface area contributed by atoms with Gasteiger partial charge in [0, 0.05) is 30.1 Å². The lowest BCUT2D eigenvalue weighted by atomic mass is 10.00. The van der Waals surface area contributed by atoms with Crippen LogP contribution < -0.4 is 10.6 Å². The van der Waals surface area contributed by atoms with E-state index in [9.17, 15) is 9.59 Å². The van der Waals surface area contributed by atoms with Crippen LogP contribution in [-0.2, 0) is 11.2 Å². The summed E-state index contributed by atoms with van der Waals surface area (Å²) in [6.45, 7) is 0. The minimum atomic E-state index is -0.245. The second kappa shape index (κ2) is 5.08. The van der Waals surface area contributed by atoms with Gasteiger partial charge in [-0.2, -0.15) is 0 Å². The summed E-state index contributed by atoms with van der Waals surface area (Å²) in [5.74, 6) is 0.169. The maximum atomic E-state index is 12.1. The standard InChI is InChI=1S/C14H12N4O2/c19-13-4-2-9-7-10(1-3-11(9)17-13)14(20)18-12-8-15-5-6-16-12/h1,3,5-8H,2,4H2,(H,17,19)(H,16,18,20). The van der Waals surface area contributed by atoms with E-state index in [4.69, 9.17) is 0 Å². The van der Waals surface area contributed by atoms with E-state index >= 15 is 0 Å². The number of hydrogen-bond acceptors (Lipinski definition) is 4. The topological polar surface area (TPSA) is 84.0 Å². The van der Waals surface area contributed by atoms with Crippen LogP contribution in [0.25, 0.3) is 0 Å². The lowest BCUT2D eigenvalue weighted by molar-refractivity contribution is -0.116. The zero-order valence-corrected chi connectivity index (χ0v) is 10.6. The second-order valence-corrected chi connectivity index (χ2v) is 4.46. The van der Waals surface area contributed by atoms with Crippen LogP contribution in [0, 0.1) is 0 Å². The maximum Gasteiger partial charge on any atom is 0.256 e. The van der Waals surface area contributed by atoms with Crippen molar-refractivity contribution >= 4 is 23.3 Å². The number of aromatic nitrogens is 2. The third kappa shape index (κ3) is 2.49. The molecule has 2 heterocycles. The van der Waals surface area contributed by atoms with Gasteiger partial charge >= 0.3 is 0 Å². The molecule has 1 aromatic carbocycles. The van der Waals surface area contributed by atoms with E-state index < -0.39 is 0 Å². The molecule has 0 spiro atoms. The van der Waals surface area contributed by atoms with Crippen molar-refractivity contribution in [3.8, 4) is 0 Å². The first-order valence-corrected chi connectivity index (χ1v) is 6.22. The molecule has 0 unspecified atom stereocenters. The molecule has 1 aliphatic rings. The summed E-state index contributed by atoms with van der Waals surface area (Å²) in [6.07, 6.45) is 5.63. The van der Waals surface area contributed by atoms with Gasteiger partial charge in [-0.25, -0.2) is 4.98 Å². The lowest BCUT2D eigenvalue weighted by Gasteiger charge is -2.17. The summed E-state index contributed by atoms with van der Waals surface area (Å²) >= 11 is 0. The van der Waals surface area contributed by atoms with Gasteiger partial charge < -0.3 is 10.6 Å². The number of nitrogens with one attached hydrogen (secondary N) is 2. The molecule has 0 fully saturated rings. The molecule has 0 radical (unpaired) electrons. The van der Waals surface area contributed by atoms with Crippen LogP contribution in [0.3, 0.4) is 0 Å². The Bertz CT molecular complexity index is 670. The average Bonchev–Trinajstić information content (AvgIpc) is 2.47. The summed E-state index contributed by atoms with van der Waals surface area (Å²) in [5, 5.41) is 5.46. The summed E-state index contributed by atoms with van der Waals surface area (Å²) in [6, 6.07) is 5.22. The molecule has 20 heavy (non-hydrogen) atoms. The predicted molar refractivity (Wildman–Crippen MR) is 73.4 cm³/mol. The summed E-state index contributed by atoms with van der Waals surface area (Å²) < 4.78 is 0. The predicted octanol–water partition coefficient (Wildman–Crippen LogP) is 1.61. The van der Waals surface area contributed by atoms with Gasteiger partial charge in [-0.1, -0.05) is 0 Å². The summed E-state index contributed by atoms with van der Waals surface area (Å²) in [7, 11) is 0. The molecule has 1 aromatic heterocycles. The monoisotopic (exact) mass is 268 g/mol. The van der Waals surface area contributed by atoms with Gasteiger partial charge in [0.25, 0.3) is 5.91 Å². The van der Waals surface area contributed by atoms with Gasteiger partial charge in [-0.3, -0.25) is 14.6 Å². The van der Waals surface area contributed by atoms with E-state index in [2.05, 4.69) is 20.6 Å². The van der Waals surface area contributed by atoms with E-state index in [1.165, 1.54) is 18.6 Å². The van der Waals surface area contributed by atoms with Gasteiger partial charge in [0.1, 0.15) is 0 Å². The van der Waals surface area contributed by atoms with Crippen molar-refractivity contribution < 1.29 is 9.59 Å². The Morgan fingerprint density at radius 1 is 1.25 bits per heavy atom. The number of amides is 2. The van der Waals surface area contributed by atoms with Crippen molar-refractivity contribution in [1.29, 1.82) is 0 Å². The zero-order valence-electron chi connectivity index (χ0n) is 10.6. The molecule has 0 saturated heterocycles. The van der Waals surface area contributed by atoms with Crippen LogP contribution in [0.15, 0.2) is 36.8 Å². The molecular formula is C14H12N4O2. The molecule has 1 aliphatic heterocycles. The second-order valence-electron chi connectivity index (χ2n) is 4.46. The van der Waals surface area contributed by atoms with Gasteiger partial charge in [0.15, 0.2) is 5.82 Å². The molecule has 0 atom stereocenters. The molecule has 6 nitrogen and oxygen atoms in total. The highest BCUT2D eigenvalue weighted by atomic mass is 16.2. The largest absolute Gasteiger partial charge is 0.326 e. The molecule has 2 amide bonds. The highest BCUT2D eigenvalue weighted by Gasteiger charge is 2.16. The molecule has 2 N–H and O–H groups in total. The number of rotatable bonds is 2. The zero-order chi connectivity index (χ0) is 13.9. The van der Waals surface area contributed by atoms with Gasteiger partial charge in [-0.05, 0) is 30.2 Å². The maximum absolute atomic E-state index is 12.1. The van der Waals surface area contributed by atoms with E-state index in [0.29, 0.717) is 24.2 Å². The molecule has 6 heteroatoms. The Balaban J connectivity index is 1.81. The highest BCUT2D eigenvalue weighted by Crippen LogP contribution is 2.23. The van der Waals surface area contributed by atoms with Crippen molar-refractivity contribution in [3.05, 3.63) is 47.9 Å². The number of fused-ring (bicyclic) bond motifs is 1. The SMILES string of the molecule is O=C1CCc2cc(C(=O)Nc3cnccn3)ccc2N1. The van der Waals surface area contributed by atoms with E-state index in [0.717, 1.165) is 11.3 Å². The number of nitrogens with zero attached hydrogens (tertiary/aromatic N) is 2. The molecule has 2 aromatic rings. The Kier molecular flexibility index (Phi) is 3.12. The van der Waals surface area contributed by atoms with Crippen LogP contribution >= 0.6 is 0 Å². The van der Waals surface area contributed by atoms with Crippen LogP contribution in [0.4, 0.5) is 11.5 Å². The van der Waals surface area contributed by atoms with Crippen LogP contribution in [0.2, 0.25) is 0 Å². The minimum Gasteiger partial charge on any atom is -0.326 e. The van der Waals surface area contributed by atoms with E-state index in [1.807, 2.05) is 0 Å². The average molecular weight is 268 g/mol. The fourth-order valence-corrected chi connectivity index (χ4v) is 2.08. The normalized spacial score (nSPS) is 13.3. The first kappa shape index (κ1) is 12.3. The Labute approximate surface area is 115 Å². The Morgan fingerprint density at radius 3 is 2.95 bits per heavy atom. The number of anilines is 2. The molecule has 0 bridgehead atoms. The molecule has 100 valence electrons. The quantitative estimate of drug-likeness (QED) is 0.866. The molecule has 0 saturated carbocycles. The number of hydrogen-bond donors (Lipinski definition) is 2. The van der Waals surface area contributed by atoms with E-state index in [-0.39, 0.29) is 11.8 Å². The van der Waals surface area contributed by atoms with E-state index in [1.54, 1.807) is 18.2 Å². The van der Waals surface area contributed by atoms with Crippen molar-refractivity contribution in [1.82, 2.24) is 9.97 Å². The smallest absolute Gasteiger partial charge is 0.256 e. The van der Waals surface area contributed by atoms with Crippen molar-refractivity contribution in [2.75, 3.05) is 10.6 Å². The summed E-state index contributed by atoms with van der Waals surface area (Å²) in [5.41, 5.74) is 2.28. The Hall–Kier alpha value is -2.76. The van der Waals surface area contributed by atoms with Crippen molar-refractivity contribution in [2.45, 2.75) is 12.8 Å². The number of carbonyl (C=O) groups is 2. The first-order valence-electron chi connectivity index (χ1n) is 6.22. The fourth-order valence-electron chi connectivity index (χ4n) is 2.08. The van der Waals surface area contributed by atoms with Gasteiger partial charge in [-0.15, -0.1) is 0 Å². The van der Waals surface area contributed by atoms with Gasteiger partial charge in [0.05, 0.1) is 6.20 Å². The Morgan fingerprint density at radius 2 is 2.15 bits per heavy atom. The minimum absolute atomic E-state index is 0.00858. The fraction of sp³-hybridized carbons (Fsp3) is 0.143. The van der Waals surface area contributed by atoms with Crippen LogP contribution in [-0.4, -0.2) is 21.8 Å². The van der Waals surface area contributed by atoms with Crippen molar-refractivity contribution in [2.24, 2.45) is 0 Å². The number of aryl methyl sites for hydroxylation is 1. The van der Waals surface area contributed by atoms with Crippen LogP contribution in [0.5, 0.6) is 0 Å². The third-order valence-electron chi connectivity index (χ3n) is 3.07. The third-order valence-corrected chi connectivity index (χ3v) is 3.07. The number of benzene rings is 1. The molecular weight excluding hydrogens is 256 g/mol. The van der Waals surface area contributed by atoms with Gasteiger partial charge in [0.2, 0.25) is 5.91 Å². The summed E-state index contributed by atoms with van der Waals surface area (Å²) in [4.78, 5) is 31.3. The van der Waals surface area contributed by atoms with Crippen molar-refractivity contribution in [3.63, 3.8) is 0 Å². The number of carbonyl (C=O) groups excluding carboxylic acids is 2. The first-order chi connectivity index (χ1) is 9.72. The molecule has 0 aliphatic carbocycles. The van der Waals surface area contributed by atoms with Crippen LogP contribution in [0.1, 0.15) is 22.3 Å². The highest BCUT2D eigenvalue weighted by molar-refractivity contribution is 6.04. The molecule has 3 rings (SSSR count).